The summed E-state index contributed by atoms with van der Waals surface area (Å²) in [7, 11) is -2.57. The number of anilines is 2. The van der Waals surface area contributed by atoms with Crippen LogP contribution in [0.2, 0.25) is 51.4 Å². The first-order valence-electron chi connectivity index (χ1n) is 25.7. The van der Waals surface area contributed by atoms with Crippen LogP contribution < -0.4 is 21.7 Å². The number of imidazole rings is 2. The van der Waals surface area contributed by atoms with Crippen LogP contribution in [-0.4, -0.2) is 109 Å². The third kappa shape index (κ3) is 18.0. The molecule has 0 aromatic carbocycles. The van der Waals surface area contributed by atoms with E-state index < -0.39 is 81.6 Å². The number of carbonyl (C=O) groups is 2. The molecule has 436 valence electrons. The van der Waals surface area contributed by atoms with E-state index in [1.54, 1.807) is 30.3 Å². The average Bonchev–Trinajstić information content (AvgIpc) is 4.26. The number of carboxylic acids is 1. The van der Waals surface area contributed by atoms with E-state index in [0.717, 1.165) is 71.9 Å². The Balaban J connectivity index is 0.000000212. The Morgan fingerprint density at radius 3 is 1.43 bits per heavy atom. The summed E-state index contributed by atoms with van der Waals surface area (Å²) in [5, 5.41) is 25.8. The van der Waals surface area contributed by atoms with Crippen LogP contribution in [0.15, 0.2) is 61.2 Å². The Hall–Kier alpha value is -6.05. The number of carboxylic acid groups (broad SMARTS) is 1. The fourth-order valence-corrected chi connectivity index (χ4v) is 10.2. The Bertz CT molecular complexity index is 2930. The Kier molecular flexibility index (Phi) is 20.8. The van der Waals surface area contributed by atoms with Gasteiger partial charge in [0.1, 0.15) is 53.3 Å². The minimum Gasteiger partial charge on any atom is -0.478 e. The average molecular weight is 1160 g/mol. The predicted molar refractivity (Wildman–Crippen MR) is 281 cm³/mol. The van der Waals surface area contributed by atoms with Crippen molar-refractivity contribution in [2.45, 2.75) is 166 Å². The highest BCUT2D eigenvalue weighted by Crippen LogP contribution is 2.33. The molecule has 0 bridgehead atoms. The lowest BCUT2D eigenvalue weighted by Gasteiger charge is -2.30. The first-order chi connectivity index (χ1) is 37.0. The van der Waals surface area contributed by atoms with Crippen LogP contribution in [0.4, 0.5) is 55.5 Å². The molecule has 2 aliphatic rings. The summed E-state index contributed by atoms with van der Waals surface area (Å²) in [6.07, 6.45) is -4.54. The van der Waals surface area contributed by atoms with Crippen molar-refractivity contribution in [2.24, 2.45) is 5.73 Å². The van der Waals surface area contributed by atoms with Crippen LogP contribution in [0, 0.1) is 0 Å². The Morgan fingerprint density at radius 2 is 1.04 bits per heavy atom. The number of carbonyl (C=O) groups excluding carboxylic acids is 1. The standard InChI is InChI=1S/C25H33F5N6O2Si.C14H17F3N4.C11H18F2N2O3Si/c1-39(2,3)12-11-38-15-36-22(23(26)27)18(13-31-36)24(37)33-17-9-7-16(8-10-17)32-20-5-4-6-21-34-19(14-35(20)21)25(28,29)30;15-14(16,17)11-8-21-12(2-1-3-13(21)20-11)19-10-6-4-9(18)5-7-10;1-19(2,3)5-4-18-7-15-9(10(12)13)8(6-14-15)11(16)17/h4-6,13-14,16-17,23,32H,7-12,15H2,1-3H3,(H,33,37);1-3,8-10,19H,4-7,18H2;6,10H,4-5,7H2,1-3H3,(H,16,17). The van der Waals surface area contributed by atoms with Gasteiger partial charge in [0.15, 0.2) is 11.4 Å². The number of hydrogen-bond acceptors (Lipinski definition) is 11. The molecule has 0 atom stereocenters. The maximum Gasteiger partial charge on any atom is 0.434 e. The number of fused-ring (bicyclic) bond motifs is 2. The molecule has 0 aliphatic heterocycles. The van der Waals surface area contributed by atoms with Gasteiger partial charge in [-0.2, -0.15) is 36.5 Å². The van der Waals surface area contributed by atoms with Gasteiger partial charge < -0.3 is 36.3 Å². The molecular formula is C50H68F10N12O5Si2. The molecule has 0 unspecified atom stereocenters. The lowest BCUT2D eigenvalue weighted by Crippen LogP contribution is -2.40. The fourth-order valence-electron chi connectivity index (χ4n) is 8.71. The first kappa shape index (κ1) is 62.2. The van der Waals surface area contributed by atoms with E-state index in [0.29, 0.717) is 56.2 Å². The second-order valence-electron chi connectivity index (χ2n) is 21.9. The number of nitrogens with one attached hydrogen (secondary N) is 3. The van der Waals surface area contributed by atoms with Gasteiger partial charge in [0.2, 0.25) is 0 Å². The first-order valence-corrected chi connectivity index (χ1v) is 33.2. The molecule has 2 aliphatic carbocycles. The number of ether oxygens (including phenoxy) is 2. The van der Waals surface area contributed by atoms with Crippen molar-refractivity contribution in [2.75, 3.05) is 23.8 Å². The van der Waals surface area contributed by atoms with Crippen molar-refractivity contribution < 1.29 is 68.1 Å². The molecule has 8 rings (SSSR count). The lowest BCUT2D eigenvalue weighted by molar-refractivity contribution is -0.141. The van der Waals surface area contributed by atoms with Gasteiger partial charge in [-0.1, -0.05) is 51.4 Å². The van der Waals surface area contributed by atoms with Crippen LogP contribution in [-0.2, 0) is 35.3 Å². The highest BCUT2D eigenvalue weighted by atomic mass is 28.3. The predicted octanol–water partition coefficient (Wildman–Crippen LogP) is 11.8. The van der Waals surface area contributed by atoms with Gasteiger partial charge in [-0.3, -0.25) is 13.6 Å². The lowest BCUT2D eigenvalue weighted by atomic mass is 9.91. The van der Waals surface area contributed by atoms with E-state index in [1.807, 2.05) is 0 Å². The van der Waals surface area contributed by atoms with E-state index in [-0.39, 0.29) is 48.8 Å². The largest absolute Gasteiger partial charge is 0.478 e. The summed E-state index contributed by atoms with van der Waals surface area (Å²) in [6, 6.07) is 11.9. The summed E-state index contributed by atoms with van der Waals surface area (Å²) in [6.45, 7) is 13.7. The zero-order chi connectivity index (χ0) is 58.0. The number of aromatic nitrogens is 8. The summed E-state index contributed by atoms with van der Waals surface area (Å²) in [5.74, 6) is -0.901. The fraction of sp³-hybridized carbons (Fsp3) is 0.560. The number of aromatic carboxylic acids is 1. The number of alkyl halides is 10. The number of rotatable bonds is 19. The summed E-state index contributed by atoms with van der Waals surface area (Å²) in [5.41, 5.74) is 2.77. The monoisotopic (exact) mass is 1160 g/mol. The molecule has 79 heavy (non-hydrogen) atoms. The molecule has 29 heteroatoms. The van der Waals surface area contributed by atoms with Crippen molar-refractivity contribution in [1.29, 1.82) is 0 Å². The molecule has 0 radical (unpaired) electrons. The van der Waals surface area contributed by atoms with Crippen molar-refractivity contribution in [3.8, 4) is 0 Å². The molecule has 17 nitrogen and oxygen atoms in total. The Morgan fingerprint density at radius 1 is 0.646 bits per heavy atom. The highest BCUT2D eigenvalue weighted by Gasteiger charge is 2.36. The van der Waals surface area contributed by atoms with Gasteiger partial charge in [0.05, 0.1) is 18.0 Å². The van der Waals surface area contributed by atoms with Gasteiger partial charge in [-0.25, -0.2) is 41.7 Å². The number of pyridine rings is 2. The van der Waals surface area contributed by atoms with Crippen LogP contribution >= 0.6 is 0 Å². The minimum absolute atomic E-state index is 0.0341. The van der Waals surface area contributed by atoms with Crippen molar-refractivity contribution in [3.05, 3.63) is 95.1 Å². The topological polar surface area (TPSA) is 205 Å². The van der Waals surface area contributed by atoms with Gasteiger partial charge in [-0.15, -0.1) is 0 Å². The molecule has 2 fully saturated rings. The summed E-state index contributed by atoms with van der Waals surface area (Å²) < 4.78 is 146. The van der Waals surface area contributed by atoms with Crippen LogP contribution in [0.3, 0.4) is 0 Å². The Labute approximate surface area is 451 Å². The van der Waals surface area contributed by atoms with E-state index in [9.17, 15) is 53.5 Å². The maximum atomic E-state index is 13.8. The summed E-state index contributed by atoms with van der Waals surface area (Å²) in [4.78, 5) is 30.9. The molecule has 6 aromatic heterocycles. The molecule has 6 heterocycles. The summed E-state index contributed by atoms with van der Waals surface area (Å²) >= 11 is 0. The molecular weight excluding hydrogens is 1090 g/mol. The second-order valence-corrected chi connectivity index (χ2v) is 33.2. The van der Waals surface area contributed by atoms with Gasteiger partial charge in [0, 0.05) is 65.9 Å². The zero-order valence-electron chi connectivity index (χ0n) is 44.7. The van der Waals surface area contributed by atoms with Crippen LogP contribution in [0.1, 0.15) is 108 Å². The quantitative estimate of drug-likeness (QED) is 0.0292. The highest BCUT2D eigenvalue weighted by molar-refractivity contribution is 6.76. The van der Waals surface area contributed by atoms with Crippen molar-refractivity contribution >= 4 is 51.0 Å². The van der Waals surface area contributed by atoms with Gasteiger partial charge in [-0.05, 0) is 87.7 Å². The zero-order valence-corrected chi connectivity index (χ0v) is 46.7. The van der Waals surface area contributed by atoms with Gasteiger partial charge in [0.25, 0.3) is 18.8 Å². The third-order valence-electron chi connectivity index (χ3n) is 13.2. The van der Waals surface area contributed by atoms with Crippen LogP contribution in [0.5, 0.6) is 0 Å². The second kappa shape index (κ2) is 26.5. The number of amides is 1. The maximum absolute atomic E-state index is 13.8. The number of halogens is 10. The van der Waals surface area contributed by atoms with E-state index in [4.69, 9.17) is 20.3 Å². The number of nitrogens with zero attached hydrogens (tertiary/aromatic N) is 8. The molecule has 6 N–H and O–H groups in total. The molecule has 2 saturated carbocycles. The van der Waals surface area contributed by atoms with Crippen molar-refractivity contribution in [3.63, 3.8) is 0 Å². The molecule has 6 aromatic rings. The minimum atomic E-state index is -4.54. The molecule has 0 spiro atoms. The molecule has 1 amide bonds. The van der Waals surface area contributed by atoms with E-state index in [2.05, 4.69) is 75.4 Å². The SMILES string of the molecule is C[Si](C)(C)CCOCn1ncc(C(=O)NC2CCC(Nc3cccc4nc(C(F)(F)F)cn34)CC2)c1C(F)F.C[Si](C)(C)CCOCn1ncc(C(=O)O)c1C(F)F.NC1CCC(Nc2cccc3nc(C(F)(F)F)cn23)CC1. The normalized spacial score (nSPS) is 18.3. The van der Waals surface area contributed by atoms with Crippen molar-refractivity contribution in [1.82, 2.24) is 43.6 Å². The number of nitrogens with two attached hydrogens (primary N) is 1. The van der Waals surface area contributed by atoms with E-state index >= 15 is 0 Å². The van der Waals surface area contributed by atoms with Gasteiger partial charge >= 0.3 is 18.3 Å². The van der Waals surface area contributed by atoms with E-state index in [1.165, 1.54) is 14.9 Å². The third-order valence-corrected chi connectivity index (χ3v) is 16.6. The number of hydrogen-bond donors (Lipinski definition) is 5. The van der Waals surface area contributed by atoms with Crippen LogP contribution in [0.25, 0.3) is 11.3 Å². The molecule has 0 saturated heterocycles. The smallest absolute Gasteiger partial charge is 0.434 e.